The predicted molar refractivity (Wildman–Crippen MR) is 111 cm³/mol. The fourth-order valence-electron chi connectivity index (χ4n) is 8.53. The van der Waals surface area contributed by atoms with Crippen LogP contribution in [0.3, 0.4) is 0 Å². The Morgan fingerprint density at radius 2 is 2.07 bits per heavy atom. The minimum Gasteiger partial charge on any atom is -0.458 e. The van der Waals surface area contributed by atoms with E-state index in [1.54, 1.807) is 7.11 Å². The zero-order valence-electron chi connectivity index (χ0n) is 18.1. The monoisotopic (exact) mass is 409 g/mol. The first-order valence-corrected chi connectivity index (χ1v) is 11.6. The highest BCUT2D eigenvalue weighted by atomic mass is 16.6. The maximum Gasteiger partial charge on any atom is 0.306 e. The molecule has 0 N–H and O–H groups in total. The lowest BCUT2D eigenvalue weighted by Crippen LogP contribution is -2.55. The van der Waals surface area contributed by atoms with E-state index >= 15 is 0 Å². The van der Waals surface area contributed by atoms with Crippen LogP contribution in [0.5, 0.6) is 0 Å². The highest BCUT2D eigenvalue weighted by molar-refractivity contribution is 5.92. The predicted octanol–water partition coefficient (Wildman–Crippen LogP) is 4.23. The van der Waals surface area contributed by atoms with Gasteiger partial charge in [0.2, 0.25) is 0 Å². The summed E-state index contributed by atoms with van der Waals surface area (Å²) in [4.78, 5) is 29.5. The van der Waals surface area contributed by atoms with Gasteiger partial charge in [0.1, 0.15) is 12.7 Å². The number of ketones is 1. The number of hydrogen-bond acceptors (Lipinski definition) is 5. The number of hydrogen-bond donors (Lipinski definition) is 0. The molecule has 4 fully saturated rings. The lowest BCUT2D eigenvalue weighted by Gasteiger charge is -2.57. The first-order chi connectivity index (χ1) is 14.3. The summed E-state index contributed by atoms with van der Waals surface area (Å²) in [5.41, 5.74) is 2.47. The molecule has 160 valence electrons. The number of carbonyl (C=O) groups excluding carboxylic acids is 2. The fourth-order valence-corrected chi connectivity index (χ4v) is 8.53. The van der Waals surface area contributed by atoms with Gasteiger partial charge in [-0.25, -0.2) is 0 Å². The van der Waals surface area contributed by atoms with E-state index in [0.29, 0.717) is 36.5 Å². The topological polar surface area (TPSA) is 65.0 Å². The summed E-state index contributed by atoms with van der Waals surface area (Å²) in [5.74, 6) is 2.49. The second kappa shape index (κ2) is 5.86. The average molecular weight is 410 g/mol. The average Bonchev–Trinajstić information content (AvgIpc) is 3.35. The smallest absolute Gasteiger partial charge is 0.306 e. The van der Waals surface area contributed by atoms with E-state index in [0.717, 1.165) is 25.7 Å². The van der Waals surface area contributed by atoms with E-state index < -0.39 is 0 Å². The zero-order valence-corrected chi connectivity index (χ0v) is 18.1. The number of oxime groups is 1. The Hall–Kier alpha value is -1.91. The highest BCUT2D eigenvalue weighted by Crippen LogP contribution is 2.78. The van der Waals surface area contributed by atoms with Crippen LogP contribution in [0.2, 0.25) is 0 Å². The van der Waals surface area contributed by atoms with Crippen molar-refractivity contribution in [3.63, 3.8) is 0 Å². The molecule has 0 aromatic carbocycles. The van der Waals surface area contributed by atoms with Gasteiger partial charge >= 0.3 is 5.97 Å². The summed E-state index contributed by atoms with van der Waals surface area (Å²) in [7, 11) is 1.59. The van der Waals surface area contributed by atoms with E-state index in [1.807, 2.05) is 12.3 Å². The molecule has 6 rings (SSSR count). The third-order valence-electron chi connectivity index (χ3n) is 9.92. The minimum absolute atomic E-state index is 0.0118. The molecule has 5 nitrogen and oxygen atoms in total. The molecule has 1 saturated heterocycles. The molecule has 1 aliphatic heterocycles. The standard InChI is InChI=1S/C25H31NO4/c1-23-7-4-16(27)11-15(23)10-14(13-26-29-3)21-18(23)5-8-24(2)22(21)17-12-19(17)25(24)9-6-20(28)30-25/h5,11,13-14,17,19,21-22H,4,6-10,12H2,1-3H3/b26-13+/t14-,17+,19-,21?,22?,23-,24-,25-/m0/s1. The quantitative estimate of drug-likeness (QED) is 0.296. The molecule has 3 saturated carbocycles. The number of fused-ring (bicyclic) bond motifs is 9. The van der Waals surface area contributed by atoms with Gasteiger partial charge < -0.3 is 9.57 Å². The fraction of sp³-hybridized carbons (Fsp3) is 0.720. The van der Waals surface area contributed by atoms with Crippen molar-refractivity contribution in [1.82, 2.24) is 0 Å². The van der Waals surface area contributed by atoms with E-state index in [-0.39, 0.29) is 34.1 Å². The number of rotatable bonds is 2. The lowest BCUT2D eigenvalue weighted by molar-refractivity contribution is -0.166. The van der Waals surface area contributed by atoms with E-state index in [9.17, 15) is 9.59 Å². The summed E-state index contributed by atoms with van der Waals surface area (Å²) < 4.78 is 6.20. The maximum absolute atomic E-state index is 12.2. The summed E-state index contributed by atoms with van der Waals surface area (Å²) in [6, 6.07) is 0. The molecule has 0 aromatic heterocycles. The molecule has 1 spiro atoms. The molecule has 6 aliphatic rings. The lowest BCUT2D eigenvalue weighted by atomic mass is 9.47. The van der Waals surface area contributed by atoms with Crippen molar-refractivity contribution in [2.24, 2.45) is 45.6 Å². The molecular formula is C25H31NO4. The van der Waals surface area contributed by atoms with Crippen LogP contribution < -0.4 is 0 Å². The highest BCUT2D eigenvalue weighted by Gasteiger charge is 2.78. The van der Waals surface area contributed by atoms with Gasteiger partial charge in [-0.3, -0.25) is 9.59 Å². The number of allylic oxidation sites excluding steroid dienone is 4. The maximum atomic E-state index is 12.2. The second-order valence-electron chi connectivity index (χ2n) is 11.0. The Kier molecular flexibility index (Phi) is 3.68. The number of ether oxygens (including phenoxy) is 1. The van der Waals surface area contributed by atoms with Crippen molar-refractivity contribution in [2.45, 2.75) is 64.4 Å². The van der Waals surface area contributed by atoms with Crippen molar-refractivity contribution in [2.75, 3.05) is 7.11 Å². The minimum atomic E-state index is -0.274. The molecule has 0 radical (unpaired) electrons. The van der Waals surface area contributed by atoms with Gasteiger partial charge in [-0.15, -0.1) is 0 Å². The largest absolute Gasteiger partial charge is 0.458 e. The Balaban J connectivity index is 1.49. The molecule has 0 aromatic rings. The molecule has 0 amide bonds. The van der Waals surface area contributed by atoms with Gasteiger partial charge in [-0.05, 0) is 55.9 Å². The molecule has 5 aliphatic carbocycles. The molecular weight excluding hydrogens is 378 g/mol. The molecule has 0 bridgehead atoms. The van der Waals surface area contributed by atoms with Crippen LogP contribution in [0.1, 0.15) is 58.8 Å². The van der Waals surface area contributed by atoms with E-state index in [2.05, 4.69) is 25.1 Å². The molecule has 1 heterocycles. The van der Waals surface area contributed by atoms with Crippen LogP contribution in [-0.4, -0.2) is 30.7 Å². The summed E-state index contributed by atoms with van der Waals surface area (Å²) in [5, 5.41) is 4.19. The normalized spacial score (nSPS) is 51.0. The number of nitrogens with zero attached hydrogens (tertiary/aromatic N) is 1. The van der Waals surface area contributed by atoms with E-state index in [1.165, 1.54) is 17.6 Å². The zero-order chi connectivity index (χ0) is 20.9. The molecule has 8 atom stereocenters. The second-order valence-corrected chi connectivity index (χ2v) is 11.0. The van der Waals surface area contributed by atoms with Gasteiger partial charge in [0.25, 0.3) is 0 Å². The van der Waals surface area contributed by atoms with Crippen LogP contribution in [0.4, 0.5) is 0 Å². The molecule has 2 unspecified atom stereocenters. The van der Waals surface area contributed by atoms with Gasteiger partial charge in [0.05, 0.1) is 0 Å². The summed E-state index contributed by atoms with van der Waals surface area (Å²) in [6.45, 7) is 4.74. The van der Waals surface area contributed by atoms with Crippen LogP contribution in [-0.2, 0) is 19.2 Å². The Morgan fingerprint density at radius 1 is 1.23 bits per heavy atom. The third kappa shape index (κ3) is 2.12. The van der Waals surface area contributed by atoms with Crippen molar-refractivity contribution < 1.29 is 19.2 Å². The van der Waals surface area contributed by atoms with Gasteiger partial charge in [-0.1, -0.05) is 36.2 Å². The van der Waals surface area contributed by atoms with Crippen LogP contribution in [0.25, 0.3) is 0 Å². The third-order valence-corrected chi connectivity index (χ3v) is 9.92. The van der Waals surface area contributed by atoms with Crippen molar-refractivity contribution in [1.29, 1.82) is 0 Å². The van der Waals surface area contributed by atoms with Crippen LogP contribution >= 0.6 is 0 Å². The van der Waals surface area contributed by atoms with Crippen LogP contribution in [0.15, 0.2) is 28.5 Å². The van der Waals surface area contributed by atoms with Gasteiger partial charge in [0.15, 0.2) is 5.78 Å². The number of esters is 1. The summed E-state index contributed by atoms with van der Waals surface area (Å²) >= 11 is 0. The van der Waals surface area contributed by atoms with Gasteiger partial charge in [-0.2, -0.15) is 0 Å². The Labute approximate surface area is 177 Å². The van der Waals surface area contributed by atoms with Crippen molar-refractivity contribution in [3.05, 3.63) is 23.3 Å². The summed E-state index contributed by atoms with van der Waals surface area (Å²) in [6.07, 6.45) is 12.4. The first kappa shape index (κ1) is 18.8. The first-order valence-electron chi connectivity index (χ1n) is 11.6. The van der Waals surface area contributed by atoms with E-state index in [4.69, 9.17) is 9.57 Å². The van der Waals surface area contributed by atoms with Crippen molar-refractivity contribution >= 4 is 18.0 Å². The van der Waals surface area contributed by atoms with Gasteiger partial charge in [0, 0.05) is 41.7 Å². The van der Waals surface area contributed by atoms with Crippen LogP contribution in [0, 0.1) is 40.4 Å². The Morgan fingerprint density at radius 3 is 2.80 bits per heavy atom. The van der Waals surface area contributed by atoms with Crippen molar-refractivity contribution in [3.8, 4) is 0 Å². The molecule has 5 heteroatoms. The number of carbonyl (C=O) groups is 2. The SMILES string of the molecule is CO/N=C/[C@@H]1CC2=CC(=O)CC[C@]2(C)C2=CC[C@@]3(C)C(C21)[C@@H]1C[C@@H]1[C@@]31CCC(=O)O1. The Bertz CT molecular complexity index is 933. The molecule has 30 heavy (non-hydrogen) atoms.